The lowest BCUT2D eigenvalue weighted by atomic mass is 10.0. The van der Waals surface area contributed by atoms with Crippen LogP contribution in [-0.4, -0.2) is 16.7 Å². The monoisotopic (exact) mass is 256 g/mol. The maximum Gasteiger partial charge on any atom is 0.160 e. The van der Waals surface area contributed by atoms with E-state index in [4.69, 9.17) is 5.73 Å². The van der Waals surface area contributed by atoms with Gasteiger partial charge in [-0.05, 0) is 41.4 Å². The molecule has 2 rings (SSSR count). The Kier molecular flexibility index (Phi) is 2.98. The SMILES string of the molecule is Nc1nnc(C2CCCCN2)cc1Br. The van der Waals surface area contributed by atoms with E-state index in [0.717, 1.165) is 23.1 Å². The highest BCUT2D eigenvalue weighted by Crippen LogP contribution is 2.24. The van der Waals surface area contributed by atoms with E-state index < -0.39 is 0 Å². The Balaban J connectivity index is 2.18. The Morgan fingerprint density at radius 3 is 2.93 bits per heavy atom. The lowest BCUT2D eigenvalue weighted by molar-refractivity contribution is 0.403. The van der Waals surface area contributed by atoms with Gasteiger partial charge in [0.2, 0.25) is 0 Å². The minimum atomic E-state index is 0.341. The zero-order valence-corrected chi connectivity index (χ0v) is 9.42. The van der Waals surface area contributed by atoms with Crippen molar-refractivity contribution in [3.05, 3.63) is 16.2 Å². The van der Waals surface area contributed by atoms with Gasteiger partial charge in [0, 0.05) is 0 Å². The molecule has 0 aliphatic carbocycles. The molecule has 76 valence electrons. The van der Waals surface area contributed by atoms with Gasteiger partial charge < -0.3 is 11.1 Å². The minimum Gasteiger partial charge on any atom is -0.381 e. The van der Waals surface area contributed by atoms with Gasteiger partial charge >= 0.3 is 0 Å². The Morgan fingerprint density at radius 1 is 1.43 bits per heavy atom. The molecule has 0 radical (unpaired) electrons. The summed E-state index contributed by atoms with van der Waals surface area (Å²) in [6, 6.07) is 2.29. The zero-order valence-electron chi connectivity index (χ0n) is 7.83. The maximum absolute atomic E-state index is 5.58. The lowest BCUT2D eigenvalue weighted by Gasteiger charge is -2.22. The second kappa shape index (κ2) is 4.23. The fourth-order valence-corrected chi connectivity index (χ4v) is 1.98. The number of rotatable bonds is 1. The lowest BCUT2D eigenvalue weighted by Crippen LogP contribution is -2.27. The minimum absolute atomic E-state index is 0.341. The fourth-order valence-electron chi connectivity index (χ4n) is 1.67. The fraction of sp³-hybridized carbons (Fsp3) is 0.556. The van der Waals surface area contributed by atoms with E-state index in [-0.39, 0.29) is 0 Å². The first-order valence-corrected chi connectivity index (χ1v) is 5.58. The average molecular weight is 257 g/mol. The number of nitrogens with zero attached hydrogens (tertiary/aromatic N) is 2. The normalized spacial score (nSPS) is 22.2. The van der Waals surface area contributed by atoms with E-state index in [2.05, 4.69) is 31.4 Å². The first-order chi connectivity index (χ1) is 6.77. The Labute approximate surface area is 91.4 Å². The van der Waals surface area contributed by atoms with E-state index in [0.29, 0.717) is 11.9 Å². The molecule has 0 amide bonds. The molecular formula is C9H13BrN4. The van der Waals surface area contributed by atoms with Crippen LogP contribution in [0.3, 0.4) is 0 Å². The van der Waals surface area contributed by atoms with Crippen LogP contribution in [0.2, 0.25) is 0 Å². The van der Waals surface area contributed by atoms with Crippen LogP contribution in [0.4, 0.5) is 5.82 Å². The van der Waals surface area contributed by atoms with Gasteiger partial charge in [0.15, 0.2) is 5.82 Å². The average Bonchev–Trinajstić information content (AvgIpc) is 2.23. The smallest absolute Gasteiger partial charge is 0.160 e. The van der Waals surface area contributed by atoms with Crippen molar-refractivity contribution in [2.45, 2.75) is 25.3 Å². The second-order valence-electron chi connectivity index (χ2n) is 3.50. The number of nitrogens with two attached hydrogens (primary N) is 1. The van der Waals surface area contributed by atoms with Crippen LogP contribution < -0.4 is 11.1 Å². The molecule has 0 spiro atoms. The van der Waals surface area contributed by atoms with Gasteiger partial charge in [0.05, 0.1) is 16.2 Å². The Morgan fingerprint density at radius 2 is 2.29 bits per heavy atom. The van der Waals surface area contributed by atoms with Crippen molar-refractivity contribution >= 4 is 21.7 Å². The van der Waals surface area contributed by atoms with Crippen molar-refractivity contribution in [3.63, 3.8) is 0 Å². The van der Waals surface area contributed by atoms with E-state index in [1.165, 1.54) is 12.8 Å². The van der Waals surface area contributed by atoms with Crippen LogP contribution >= 0.6 is 15.9 Å². The molecule has 1 aliphatic rings. The molecule has 1 atom stereocenters. The molecule has 1 unspecified atom stereocenters. The summed E-state index contributed by atoms with van der Waals surface area (Å²) in [5.74, 6) is 0.449. The first-order valence-electron chi connectivity index (χ1n) is 4.79. The Hall–Kier alpha value is -0.680. The molecule has 0 saturated carbocycles. The molecule has 3 N–H and O–H groups in total. The van der Waals surface area contributed by atoms with Gasteiger partial charge in [0.1, 0.15) is 0 Å². The number of halogens is 1. The Bertz CT molecular complexity index is 323. The van der Waals surface area contributed by atoms with Gasteiger partial charge in [-0.1, -0.05) is 6.42 Å². The highest BCUT2D eigenvalue weighted by atomic mass is 79.9. The van der Waals surface area contributed by atoms with Crippen molar-refractivity contribution in [2.75, 3.05) is 12.3 Å². The van der Waals surface area contributed by atoms with E-state index in [9.17, 15) is 0 Å². The summed E-state index contributed by atoms with van der Waals surface area (Å²) in [7, 11) is 0. The number of hydrogen-bond acceptors (Lipinski definition) is 4. The molecule has 1 saturated heterocycles. The van der Waals surface area contributed by atoms with Crippen LogP contribution in [0.1, 0.15) is 31.0 Å². The number of piperidine rings is 1. The van der Waals surface area contributed by atoms with Gasteiger partial charge in [0.25, 0.3) is 0 Å². The summed E-state index contributed by atoms with van der Waals surface area (Å²) in [6.07, 6.45) is 3.63. The molecule has 4 nitrogen and oxygen atoms in total. The molecular weight excluding hydrogens is 244 g/mol. The van der Waals surface area contributed by atoms with Crippen LogP contribution in [0.5, 0.6) is 0 Å². The highest BCUT2D eigenvalue weighted by Gasteiger charge is 2.17. The number of nitrogen functional groups attached to an aromatic ring is 1. The van der Waals surface area contributed by atoms with E-state index in [1.807, 2.05) is 6.07 Å². The summed E-state index contributed by atoms with van der Waals surface area (Å²) in [5, 5.41) is 11.4. The van der Waals surface area contributed by atoms with Crippen molar-refractivity contribution in [1.29, 1.82) is 0 Å². The number of aromatic nitrogens is 2. The molecule has 1 aromatic heterocycles. The van der Waals surface area contributed by atoms with Gasteiger partial charge in [-0.25, -0.2) is 0 Å². The first kappa shape index (κ1) is 9.86. The third-order valence-electron chi connectivity index (χ3n) is 2.46. The standard InChI is InChI=1S/C9H13BrN4/c10-6-5-8(13-14-9(6)11)7-3-1-2-4-12-7/h5,7,12H,1-4H2,(H2,11,14). The van der Waals surface area contributed by atoms with Crippen molar-refractivity contribution in [3.8, 4) is 0 Å². The van der Waals surface area contributed by atoms with Gasteiger partial charge in [-0.3, -0.25) is 0 Å². The topological polar surface area (TPSA) is 63.8 Å². The molecule has 2 heterocycles. The second-order valence-corrected chi connectivity index (χ2v) is 4.36. The summed E-state index contributed by atoms with van der Waals surface area (Å²) in [5.41, 5.74) is 6.55. The highest BCUT2D eigenvalue weighted by molar-refractivity contribution is 9.10. The van der Waals surface area contributed by atoms with Crippen molar-refractivity contribution in [2.24, 2.45) is 0 Å². The largest absolute Gasteiger partial charge is 0.381 e. The molecule has 14 heavy (non-hydrogen) atoms. The number of anilines is 1. The van der Waals surface area contributed by atoms with E-state index >= 15 is 0 Å². The van der Waals surface area contributed by atoms with Crippen molar-refractivity contribution in [1.82, 2.24) is 15.5 Å². The zero-order chi connectivity index (χ0) is 9.97. The number of hydrogen-bond donors (Lipinski definition) is 2. The number of nitrogens with one attached hydrogen (secondary N) is 1. The molecule has 0 aromatic carbocycles. The molecule has 5 heteroatoms. The maximum atomic E-state index is 5.58. The molecule has 1 aliphatic heterocycles. The third kappa shape index (κ3) is 2.04. The van der Waals surface area contributed by atoms with Crippen LogP contribution in [0, 0.1) is 0 Å². The van der Waals surface area contributed by atoms with Crippen LogP contribution in [0.15, 0.2) is 10.5 Å². The molecule has 0 bridgehead atoms. The quantitative estimate of drug-likeness (QED) is 0.802. The summed E-state index contributed by atoms with van der Waals surface area (Å²) in [6.45, 7) is 1.06. The molecule has 1 aromatic rings. The van der Waals surface area contributed by atoms with Crippen LogP contribution in [-0.2, 0) is 0 Å². The predicted molar refractivity (Wildman–Crippen MR) is 58.7 cm³/mol. The third-order valence-corrected chi connectivity index (χ3v) is 3.09. The summed E-state index contributed by atoms with van der Waals surface area (Å²) < 4.78 is 0.829. The van der Waals surface area contributed by atoms with E-state index in [1.54, 1.807) is 0 Å². The summed E-state index contributed by atoms with van der Waals surface area (Å²) in [4.78, 5) is 0. The van der Waals surface area contributed by atoms with Gasteiger partial charge in [-0.2, -0.15) is 5.10 Å². The summed E-state index contributed by atoms with van der Waals surface area (Å²) >= 11 is 3.36. The van der Waals surface area contributed by atoms with Crippen molar-refractivity contribution < 1.29 is 0 Å². The predicted octanol–water partition coefficient (Wildman–Crippen LogP) is 1.64. The molecule has 1 fully saturated rings. The van der Waals surface area contributed by atoms with Crippen LogP contribution in [0.25, 0.3) is 0 Å². The van der Waals surface area contributed by atoms with Gasteiger partial charge in [-0.15, -0.1) is 5.10 Å².